The Balaban J connectivity index is 1.59. The van der Waals surface area contributed by atoms with Gasteiger partial charge < -0.3 is 24.1 Å². The molecule has 0 saturated heterocycles. The highest BCUT2D eigenvalue weighted by Crippen LogP contribution is 2.49. The van der Waals surface area contributed by atoms with Gasteiger partial charge >= 0.3 is 5.97 Å². The molecule has 3 aromatic carbocycles. The first-order chi connectivity index (χ1) is 17.6. The second-order valence-corrected chi connectivity index (χ2v) is 8.36. The van der Waals surface area contributed by atoms with Crippen LogP contribution in [0.25, 0.3) is 16.7 Å². The fourth-order valence-corrected chi connectivity index (χ4v) is 4.71. The van der Waals surface area contributed by atoms with Crippen molar-refractivity contribution in [2.45, 2.75) is 12.8 Å². The van der Waals surface area contributed by atoms with Crippen LogP contribution in [0.15, 0.2) is 72.6 Å². The molecule has 1 N–H and O–H groups in total. The Kier molecular flexibility index (Phi) is 5.04. The van der Waals surface area contributed by atoms with Crippen LogP contribution in [0.2, 0.25) is 0 Å². The lowest BCUT2D eigenvalue weighted by molar-refractivity contribution is 0.0523. The number of hydrogen-bond acceptors (Lipinski definition) is 7. The molecule has 1 atom stereocenters. The smallest absolute Gasteiger partial charge is 0.341 e. The van der Waals surface area contributed by atoms with E-state index in [1.807, 2.05) is 42.5 Å². The van der Waals surface area contributed by atoms with Gasteiger partial charge in [0.1, 0.15) is 28.7 Å². The van der Waals surface area contributed by atoms with Crippen molar-refractivity contribution < 1.29 is 28.8 Å². The highest BCUT2D eigenvalue weighted by Gasteiger charge is 2.34. The van der Waals surface area contributed by atoms with Crippen LogP contribution in [-0.2, 0) is 4.74 Å². The topological polar surface area (TPSA) is 103 Å². The molecule has 8 nitrogen and oxygen atoms in total. The molecule has 4 aromatic rings. The minimum atomic E-state index is -0.603. The van der Waals surface area contributed by atoms with Gasteiger partial charge in [-0.15, -0.1) is 0 Å². The number of hydrogen-bond donors (Lipinski definition) is 1. The molecule has 0 amide bonds. The summed E-state index contributed by atoms with van der Waals surface area (Å²) in [5.74, 6) is 0.820. The lowest BCUT2D eigenvalue weighted by Crippen LogP contribution is -2.19. The van der Waals surface area contributed by atoms with Gasteiger partial charge in [-0.3, -0.25) is 4.57 Å². The van der Waals surface area contributed by atoms with E-state index in [2.05, 4.69) is 6.07 Å². The van der Waals surface area contributed by atoms with E-state index < -0.39 is 11.9 Å². The highest BCUT2D eigenvalue weighted by atomic mass is 16.7. The molecule has 1 unspecified atom stereocenters. The molecule has 2 aliphatic rings. The normalized spacial score (nSPS) is 15.8. The van der Waals surface area contributed by atoms with Crippen molar-refractivity contribution in [3.8, 4) is 29.1 Å². The monoisotopic (exact) mass is 480 g/mol. The number of allylic oxidation sites excluding steroid dienone is 1. The Bertz CT molecular complexity index is 1600. The molecule has 178 valence electrons. The van der Waals surface area contributed by atoms with Crippen molar-refractivity contribution in [3.63, 3.8) is 0 Å². The number of fused-ring (bicyclic) bond motifs is 4. The molecule has 0 bridgehead atoms. The van der Waals surface area contributed by atoms with Crippen LogP contribution in [0.1, 0.15) is 34.3 Å². The molecule has 36 heavy (non-hydrogen) atoms. The van der Waals surface area contributed by atoms with E-state index in [4.69, 9.17) is 18.9 Å². The number of phenols is 1. The van der Waals surface area contributed by atoms with Crippen LogP contribution in [0.4, 0.5) is 0 Å². The number of nitriles is 1. The SMILES string of the molecule is CCOC(=O)c1cc2ccc3c(c2cc1O)OC(n1cccc1)=C(C#N)C3c1ccc2c(c1)OCO2. The predicted octanol–water partition coefficient (Wildman–Crippen LogP) is 5.17. The van der Waals surface area contributed by atoms with Crippen LogP contribution in [-0.4, -0.2) is 29.0 Å². The zero-order valence-electron chi connectivity index (χ0n) is 19.2. The lowest BCUT2D eigenvalue weighted by atomic mass is 9.82. The molecule has 0 spiro atoms. The van der Waals surface area contributed by atoms with E-state index in [1.54, 1.807) is 30.0 Å². The van der Waals surface area contributed by atoms with Crippen molar-refractivity contribution in [1.82, 2.24) is 4.57 Å². The van der Waals surface area contributed by atoms with Gasteiger partial charge in [-0.05, 0) is 54.3 Å². The minimum absolute atomic E-state index is 0.0753. The second-order valence-electron chi connectivity index (χ2n) is 8.36. The van der Waals surface area contributed by atoms with Crippen LogP contribution in [0.3, 0.4) is 0 Å². The number of nitrogens with zero attached hydrogens (tertiary/aromatic N) is 2. The van der Waals surface area contributed by atoms with E-state index in [1.165, 1.54) is 6.07 Å². The summed E-state index contributed by atoms with van der Waals surface area (Å²) in [7, 11) is 0. The number of aromatic hydroxyl groups is 1. The maximum atomic E-state index is 12.3. The number of benzene rings is 3. The highest BCUT2D eigenvalue weighted by molar-refractivity contribution is 6.01. The average molecular weight is 480 g/mol. The second kappa shape index (κ2) is 8.40. The summed E-state index contributed by atoms with van der Waals surface area (Å²) in [4.78, 5) is 12.3. The van der Waals surface area contributed by atoms with E-state index in [-0.39, 0.29) is 24.7 Å². The molecule has 8 heteroatoms. The Hall–Kier alpha value is -4.90. The van der Waals surface area contributed by atoms with Crippen molar-refractivity contribution in [2.75, 3.05) is 13.4 Å². The van der Waals surface area contributed by atoms with E-state index >= 15 is 0 Å². The summed E-state index contributed by atoms with van der Waals surface area (Å²) in [5.41, 5.74) is 2.07. The van der Waals surface area contributed by atoms with Crippen molar-refractivity contribution >= 4 is 22.6 Å². The van der Waals surface area contributed by atoms with Gasteiger partial charge in [-0.2, -0.15) is 5.26 Å². The molecule has 2 aliphatic heterocycles. The van der Waals surface area contributed by atoms with Crippen LogP contribution < -0.4 is 14.2 Å². The van der Waals surface area contributed by atoms with Gasteiger partial charge in [0, 0.05) is 23.3 Å². The Morgan fingerprint density at radius 2 is 1.94 bits per heavy atom. The minimum Gasteiger partial charge on any atom is -0.507 e. The van der Waals surface area contributed by atoms with Crippen molar-refractivity contribution in [2.24, 2.45) is 0 Å². The van der Waals surface area contributed by atoms with Gasteiger partial charge in [0.05, 0.1) is 12.5 Å². The molecule has 3 heterocycles. The molecule has 0 saturated carbocycles. The summed E-state index contributed by atoms with van der Waals surface area (Å²) in [6.45, 7) is 2.05. The fourth-order valence-electron chi connectivity index (χ4n) is 4.71. The molecule has 0 radical (unpaired) electrons. The third-order valence-electron chi connectivity index (χ3n) is 6.33. The lowest BCUT2D eigenvalue weighted by Gasteiger charge is -2.29. The first-order valence-corrected chi connectivity index (χ1v) is 11.4. The summed E-state index contributed by atoms with van der Waals surface area (Å²) in [6, 6.07) is 18.5. The maximum Gasteiger partial charge on any atom is 0.341 e. The predicted molar refractivity (Wildman–Crippen MR) is 130 cm³/mol. The van der Waals surface area contributed by atoms with Gasteiger partial charge in [-0.1, -0.05) is 18.2 Å². The van der Waals surface area contributed by atoms with E-state index in [0.29, 0.717) is 39.5 Å². The molecule has 1 aromatic heterocycles. The summed E-state index contributed by atoms with van der Waals surface area (Å²) in [5, 5.41) is 22.2. The van der Waals surface area contributed by atoms with E-state index in [0.717, 1.165) is 11.1 Å². The van der Waals surface area contributed by atoms with Gasteiger partial charge in [0.2, 0.25) is 12.7 Å². The van der Waals surface area contributed by atoms with Gasteiger partial charge in [0.25, 0.3) is 0 Å². The van der Waals surface area contributed by atoms with Crippen LogP contribution >= 0.6 is 0 Å². The van der Waals surface area contributed by atoms with Crippen molar-refractivity contribution in [1.29, 1.82) is 5.26 Å². The first-order valence-electron chi connectivity index (χ1n) is 11.4. The molecule has 0 fully saturated rings. The van der Waals surface area contributed by atoms with Gasteiger partial charge in [0.15, 0.2) is 11.5 Å². The number of rotatable bonds is 4. The molecular weight excluding hydrogens is 460 g/mol. The Morgan fingerprint density at radius 1 is 1.14 bits per heavy atom. The van der Waals surface area contributed by atoms with Crippen LogP contribution in [0.5, 0.6) is 23.0 Å². The number of carbonyl (C=O) groups is 1. The molecular formula is C28H20N2O6. The maximum absolute atomic E-state index is 12.3. The zero-order valence-corrected chi connectivity index (χ0v) is 19.2. The van der Waals surface area contributed by atoms with Gasteiger partial charge in [-0.25, -0.2) is 4.79 Å². The third-order valence-corrected chi connectivity index (χ3v) is 6.33. The number of aromatic nitrogens is 1. The summed E-state index contributed by atoms with van der Waals surface area (Å²) in [6.07, 6.45) is 3.60. The van der Waals surface area contributed by atoms with E-state index in [9.17, 15) is 15.2 Å². The van der Waals surface area contributed by atoms with Crippen LogP contribution in [0, 0.1) is 11.3 Å². The van der Waals surface area contributed by atoms with Crippen molar-refractivity contribution in [3.05, 3.63) is 89.3 Å². The number of carbonyl (C=O) groups excluding carboxylic acids is 1. The molecule has 6 rings (SSSR count). The molecule has 0 aliphatic carbocycles. The first kappa shape index (κ1) is 21.6. The standard InChI is InChI=1S/C28H20N2O6/c1-2-33-28(32)20-11-16-5-7-18-25(17-6-8-23-24(12-17)35-15-34-23)21(14-29)27(30-9-3-4-10-30)36-26(18)19(16)13-22(20)31/h3-13,25,31H,2,15H2,1H3. The Labute approximate surface area is 206 Å². The fraction of sp³-hybridized carbons (Fsp3) is 0.143. The Morgan fingerprint density at radius 3 is 2.72 bits per heavy atom. The summed E-state index contributed by atoms with van der Waals surface area (Å²) < 4.78 is 24.3. The number of esters is 1. The summed E-state index contributed by atoms with van der Waals surface area (Å²) >= 11 is 0. The average Bonchev–Trinajstić information content (AvgIpc) is 3.59. The number of phenolic OH excluding ortho intramolecular Hbond substituents is 1. The quantitative estimate of drug-likeness (QED) is 0.402. The third kappa shape index (κ3) is 3.33. The number of ether oxygens (including phenoxy) is 4. The largest absolute Gasteiger partial charge is 0.507 e. The zero-order chi connectivity index (χ0) is 24.8.